The van der Waals surface area contributed by atoms with E-state index in [-0.39, 0.29) is 5.54 Å². The number of nitrogens with two attached hydrogens (primary N) is 1. The highest BCUT2D eigenvalue weighted by Crippen LogP contribution is 2.30. The van der Waals surface area contributed by atoms with Crippen molar-refractivity contribution in [2.75, 3.05) is 18.0 Å². The van der Waals surface area contributed by atoms with Crippen LogP contribution in [0, 0.1) is 6.92 Å². The minimum Gasteiger partial charge on any atom is -0.365 e. The summed E-state index contributed by atoms with van der Waals surface area (Å²) in [4.78, 5) is 2.50. The Balaban J connectivity index is 3.04. The molecule has 0 bridgehead atoms. The topological polar surface area (TPSA) is 29.3 Å². The van der Waals surface area contributed by atoms with E-state index in [0.717, 1.165) is 19.5 Å². The quantitative estimate of drug-likeness (QED) is 0.763. The molecule has 0 fully saturated rings. The Labute approximate surface area is 119 Å². The molecule has 0 aliphatic heterocycles. The van der Waals surface area contributed by atoms with Crippen molar-refractivity contribution in [1.29, 1.82) is 0 Å². The van der Waals surface area contributed by atoms with E-state index < -0.39 is 0 Å². The lowest BCUT2D eigenvalue weighted by Crippen LogP contribution is -2.54. The van der Waals surface area contributed by atoms with Crippen molar-refractivity contribution in [3.63, 3.8) is 0 Å². The second-order valence-corrected chi connectivity index (χ2v) is 5.47. The van der Waals surface area contributed by atoms with Gasteiger partial charge in [-0.2, -0.15) is 0 Å². The maximum Gasteiger partial charge on any atom is 0.0521 e. The molecular formula is C17H30N2. The first-order chi connectivity index (χ1) is 9.13. The molecule has 0 amide bonds. The van der Waals surface area contributed by atoms with E-state index >= 15 is 0 Å². The number of hydrogen-bond donors (Lipinski definition) is 1. The molecule has 108 valence electrons. The van der Waals surface area contributed by atoms with Gasteiger partial charge in [-0.3, -0.25) is 0 Å². The smallest absolute Gasteiger partial charge is 0.0521 e. The van der Waals surface area contributed by atoms with Crippen molar-refractivity contribution >= 4 is 5.69 Å². The van der Waals surface area contributed by atoms with Crippen LogP contribution in [-0.2, 0) is 0 Å². The van der Waals surface area contributed by atoms with Crippen LogP contribution in [0.15, 0.2) is 24.3 Å². The van der Waals surface area contributed by atoms with Crippen molar-refractivity contribution in [3.8, 4) is 0 Å². The zero-order chi connectivity index (χ0) is 14.3. The number of rotatable bonds is 8. The highest BCUT2D eigenvalue weighted by atomic mass is 15.2. The minimum atomic E-state index is 0.111. The van der Waals surface area contributed by atoms with Crippen LogP contribution in [0.4, 0.5) is 5.69 Å². The van der Waals surface area contributed by atoms with Gasteiger partial charge >= 0.3 is 0 Å². The van der Waals surface area contributed by atoms with Crippen molar-refractivity contribution in [2.24, 2.45) is 5.73 Å². The summed E-state index contributed by atoms with van der Waals surface area (Å²) in [5.74, 6) is 0. The molecule has 1 rings (SSSR count). The van der Waals surface area contributed by atoms with Gasteiger partial charge in [0.2, 0.25) is 0 Å². The number of likely N-dealkylation sites (N-methyl/N-ethyl adjacent to an activating group) is 1. The lowest BCUT2D eigenvalue weighted by molar-refractivity contribution is 0.347. The van der Waals surface area contributed by atoms with Gasteiger partial charge in [-0.1, -0.05) is 44.4 Å². The van der Waals surface area contributed by atoms with Gasteiger partial charge in [0.25, 0.3) is 0 Å². The van der Waals surface area contributed by atoms with Crippen LogP contribution in [0.25, 0.3) is 0 Å². The highest BCUT2D eigenvalue weighted by molar-refractivity contribution is 5.50. The second kappa shape index (κ2) is 7.54. The Bertz CT molecular complexity index is 352. The summed E-state index contributed by atoms with van der Waals surface area (Å²) < 4.78 is 0. The van der Waals surface area contributed by atoms with Gasteiger partial charge in [0.1, 0.15) is 0 Å². The third-order valence-corrected chi connectivity index (χ3v) is 4.27. The molecule has 1 aromatic rings. The Morgan fingerprint density at radius 3 is 2.16 bits per heavy atom. The van der Waals surface area contributed by atoms with E-state index in [1.807, 2.05) is 0 Å². The van der Waals surface area contributed by atoms with Crippen LogP contribution in [0.1, 0.15) is 52.0 Å². The molecule has 2 N–H and O–H groups in total. The molecule has 0 aliphatic rings. The first-order valence-corrected chi connectivity index (χ1v) is 7.68. The summed E-state index contributed by atoms with van der Waals surface area (Å²) in [7, 11) is 0. The standard InChI is InChI=1S/C17H30N2/c1-5-8-13-17(6-2,14-18)19(7-3)16-11-9-15(4)10-12-16/h9-12H,5-8,13-14,18H2,1-4H3. The van der Waals surface area contributed by atoms with Gasteiger partial charge in [0, 0.05) is 18.8 Å². The average Bonchev–Trinajstić information content (AvgIpc) is 2.45. The van der Waals surface area contributed by atoms with Gasteiger partial charge in [-0.25, -0.2) is 0 Å². The van der Waals surface area contributed by atoms with Gasteiger partial charge in [0.05, 0.1) is 5.54 Å². The first-order valence-electron chi connectivity index (χ1n) is 7.68. The van der Waals surface area contributed by atoms with Crippen molar-refractivity contribution < 1.29 is 0 Å². The number of anilines is 1. The van der Waals surface area contributed by atoms with E-state index in [2.05, 4.69) is 56.9 Å². The maximum absolute atomic E-state index is 6.16. The van der Waals surface area contributed by atoms with Gasteiger partial charge < -0.3 is 10.6 Å². The normalized spacial score (nSPS) is 14.2. The molecule has 0 heterocycles. The minimum absolute atomic E-state index is 0.111. The molecule has 0 radical (unpaired) electrons. The first kappa shape index (κ1) is 16.0. The van der Waals surface area contributed by atoms with Crippen LogP contribution in [0.5, 0.6) is 0 Å². The van der Waals surface area contributed by atoms with E-state index in [1.165, 1.54) is 30.5 Å². The zero-order valence-electron chi connectivity index (χ0n) is 13.1. The Hall–Kier alpha value is -1.02. The van der Waals surface area contributed by atoms with Crippen LogP contribution in [-0.4, -0.2) is 18.6 Å². The summed E-state index contributed by atoms with van der Waals surface area (Å²) in [5.41, 5.74) is 8.88. The molecule has 0 aliphatic carbocycles. The third kappa shape index (κ3) is 3.73. The lowest BCUT2D eigenvalue weighted by Gasteiger charge is -2.44. The fraction of sp³-hybridized carbons (Fsp3) is 0.647. The zero-order valence-corrected chi connectivity index (χ0v) is 13.1. The Morgan fingerprint density at radius 1 is 1.11 bits per heavy atom. The van der Waals surface area contributed by atoms with E-state index in [9.17, 15) is 0 Å². The molecular weight excluding hydrogens is 232 g/mol. The Kier molecular flexibility index (Phi) is 6.36. The van der Waals surface area contributed by atoms with Crippen LogP contribution in [0.2, 0.25) is 0 Å². The van der Waals surface area contributed by atoms with Crippen LogP contribution in [0.3, 0.4) is 0 Å². The largest absolute Gasteiger partial charge is 0.365 e. The molecule has 0 saturated heterocycles. The van der Waals surface area contributed by atoms with E-state index in [0.29, 0.717) is 0 Å². The number of hydrogen-bond acceptors (Lipinski definition) is 2. The molecule has 1 aromatic carbocycles. The fourth-order valence-electron chi connectivity index (χ4n) is 2.88. The maximum atomic E-state index is 6.16. The van der Waals surface area contributed by atoms with Gasteiger partial charge in [-0.05, 0) is 38.8 Å². The second-order valence-electron chi connectivity index (χ2n) is 5.47. The molecule has 1 atom stereocenters. The van der Waals surface area contributed by atoms with Crippen LogP contribution >= 0.6 is 0 Å². The number of benzene rings is 1. The third-order valence-electron chi connectivity index (χ3n) is 4.27. The summed E-state index contributed by atoms with van der Waals surface area (Å²) in [5, 5.41) is 0. The molecule has 0 aromatic heterocycles. The van der Waals surface area contributed by atoms with Gasteiger partial charge in [-0.15, -0.1) is 0 Å². The van der Waals surface area contributed by atoms with E-state index in [1.54, 1.807) is 0 Å². The average molecular weight is 262 g/mol. The summed E-state index contributed by atoms with van der Waals surface area (Å²) in [6.07, 6.45) is 4.75. The number of unbranched alkanes of at least 4 members (excludes halogenated alkanes) is 1. The van der Waals surface area contributed by atoms with Crippen LogP contribution < -0.4 is 10.6 Å². The number of nitrogens with zero attached hydrogens (tertiary/aromatic N) is 1. The highest BCUT2D eigenvalue weighted by Gasteiger charge is 2.32. The monoisotopic (exact) mass is 262 g/mol. The van der Waals surface area contributed by atoms with E-state index in [4.69, 9.17) is 5.73 Å². The van der Waals surface area contributed by atoms with Crippen molar-refractivity contribution in [2.45, 2.75) is 58.9 Å². The fourth-order valence-corrected chi connectivity index (χ4v) is 2.88. The van der Waals surface area contributed by atoms with Gasteiger partial charge in [0.15, 0.2) is 0 Å². The Morgan fingerprint density at radius 2 is 1.74 bits per heavy atom. The molecule has 19 heavy (non-hydrogen) atoms. The predicted octanol–water partition coefficient (Wildman–Crippen LogP) is 4.12. The molecule has 1 unspecified atom stereocenters. The molecule has 0 spiro atoms. The van der Waals surface area contributed by atoms with Crippen molar-refractivity contribution in [3.05, 3.63) is 29.8 Å². The SMILES string of the molecule is CCCCC(CC)(CN)N(CC)c1ccc(C)cc1. The summed E-state index contributed by atoms with van der Waals surface area (Å²) in [6, 6.07) is 8.83. The molecule has 0 saturated carbocycles. The van der Waals surface area contributed by atoms with Crippen molar-refractivity contribution in [1.82, 2.24) is 0 Å². The summed E-state index contributed by atoms with van der Waals surface area (Å²) in [6.45, 7) is 10.6. The lowest BCUT2D eigenvalue weighted by atomic mass is 9.87. The predicted molar refractivity (Wildman–Crippen MR) is 85.8 cm³/mol. The number of aryl methyl sites for hydroxylation is 1. The summed E-state index contributed by atoms with van der Waals surface area (Å²) >= 11 is 0. The molecule has 2 nitrogen and oxygen atoms in total. The molecule has 2 heteroatoms.